The van der Waals surface area contributed by atoms with Crippen LogP contribution in [0.25, 0.3) is 0 Å². The number of amides is 1. The van der Waals surface area contributed by atoms with Gasteiger partial charge in [-0.2, -0.15) is 5.10 Å². The first-order chi connectivity index (χ1) is 8.66. The largest absolute Gasteiger partial charge is 0.459 e. The van der Waals surface area contributed by atoms with Gasteiger partial charge in [0, 0.05) is 6.54 Å². The van der Waals surface area contributed by atoms with Crippen LogP contribution in [0, 0.1) is 10.1 Å². The lowest BCUT2D eigenvalue weighted by Crippen LogP contribution is -2.26. The predicted molar refractivity (Wildman–Crippen MR) is 59.9 cm³/mol. The number of hydrogen-bond donors (Lipinski definition) is 1. The molecule has 0 atom stereocenters. The van der Waals surface area contributed by atoms with Crippen LogP contribution in [0.2, 0.25) is 0 Å². The highest BCUT2D eigenvalue weighted by Crippen LogP contribution is 2.07. The summed E-state index contributed by atoms with van der Waals surface area (Å²) in [5.41, 5.74) is -0.0765. The Kier molecular flexibility index (Phi) is 3.37. The van der Waals surface area contributed by atoms with Gasteiger partial charge < -0.3 is 9.73 Å². The molecule has 2 rings (SSSR count). The molecule has 0 aromatic carbocycles. The first-order valence-electron chi connectivity index (χ1n) is 5.15. The maximum Gasteiger partial charge on any atom is 0.306 e. The second-order valence-corrected chi connectivity index (χ2v) is 3.45. The van der Waals surface area contributed by atoms with E-state index in [4.69, 9.17) is 4.42 Å². The molecular formula is C10H10N4O4. The molecule has 0 saturated carbocycles. The van der Waals surface area contributed by atoms with Crippen molar-refractivity contribution in [2.24, 2.45) is 0 Å². The average molecular weight is 250 g/mol. The standard InChI is InChI=1S/C10H10N4O4/c15-10(9-2-1-5-18-9)11-3-4-13-7-8(6-12-13)14(16)17/h1-2,5-7H,3-4H2,(H,11,15). The summed E-state index contributed by atoms with van der Waals surface area (Å²) in [5.74, 6) is -0.108. The van der Waals surface area contributed by atoms with Crippen molar-refractivity contribution in [3.05, 3.63) is 46.7 Å². The molecule has 0 spiro atoms. The first kappa shape index (κ1) is 11.8. The van der Waals surface area contributed by atoms with E-state index in [0.717, 1.165) is 6.20 Å². The highest BCUT2D eigenvalue weighted by Gasteiger charge is 2.10. The van der Waals surface area contributed by atoms with Crippen LogP contribution in [0.4, 0.5) is 5.69 Å². The number of nitrogens with one attached hydrogen (secondary N) is 1. The van der Waals surface area contributed by atoms with Crippen molar-refractivity contribution in [3.63, 3.8) is 0 Å². The maximum absolute atomic E-state index is 11.5. The van der Waals surface area contributed by atoms with E-state index >= 15 is 0 Å². The SMILES string of the molecule is O=C(NCCn1cc([N+](=O)[O-])cn1)c1ccco1. The molecule has 0 bridgehead atoms. The zero-order valence-corrected chi connectivity index (χ0v) is 9.28. The fraction of sp³-hybridized carbons (Fsp3) is 0.200. The van der Waals surface area contributed by atoms with E-state index in [2.05, 4.69) is 10.4 Å². The molecule has 2 heterocycles. The summed E-state index contributed by atoms with van der Waals surface area (Å²) in [6, 6.07) is 3.17. The predicted octanol–water partition coefficient (Wildman–Crippen LogP) is 0.814. The third kappa shape index (κ3) is 2.73. The molecule has 0 saturated heterocycles. The number of furan rings is 1. The van der Waals surface area contributed by atoms with Gasteiger partial charge >= 0.3 is 5.69 Å². The van der Waals surface area contributed by atoms with E-state index in [1.165, 1.54) is 17.1 Å². The maximum atomic E-state index is 11.5. The number of nitrogens with zero attached hydrogens (tertiary/aromatic N) is 3. The molecule has 0 radical (unpaired) electrons. The second kappa shape index (κ2) is 5.13. The van der Waals surface area contributed by atoms with Crippen molar-refractivity contribution in [1.82, 2.24) is 15.1 Å². The van der Waals surface area contributed by atoms with Crippen molar-refractivity contribution in [2.75, 3.05) is 6.54 Å². The molecule has 94 valence electrons. The topological polar surface area (TPSA) is 103 Å². The van der Waals surface area contributed by atoms with Gasteiger partial charge in [0.05, 0.1) is 17.7 Å². The van der Waals surface area contributed by atoms with Crippen LogP contribution in [0.1, 0.15) is 10.6 Å². The van der Waals surface area contributed by atoms with Crippen LogP contribution in [0.3, 0.4) is 0 Å². The van der Waals surface area contributed by atoms with E-state index in [-0.39, 0.29) is 17.4 Å². The smallest absolute Gasteiger partial charge is 0.306 e. The van der Waals surface area contributed by atoms with Gasteiger partial charge in [0.2, 0.25) is 0 Å². The van der Waals surface area contributed by atoms with Gasteiger partial charge in [0.15, 0.2) is 5.76 Å². The van der Waals surface area contributed by atoms with Crippen LogP contribution in [-0.2, 0) is 6.54 Å². The summed E-state index contributed by atoms with van der Waals surface area (Å²) in [4.78, 5) is 21.4. The third-order valence-corrected chi connectivity index (χ3v) is 2.20. The molecule has 8 heteroatoms. The average Bonchev–Trinajstić information content (AvgIpc) is 3.00. The highest BCUT2D eigenvalue weighted by atomic mass is 16.6. The Morgan fingerprint density at radius 1 is 1.61 bits per heavy atom. The number of nitro groups is 1. The lowest BCUT2D eigenvalue weighted by Gasteiger charge is -2.02. The van der Waals surface area contributed by atoms with E-state index in [1.807, 2.05) is 0 Å². The monoisotopic (exact) mass is 250 g/mol. The molecule has 8 nitrogen and oxygen atoms in total. The van der Waals surface area contributed by atoms with Gasteiger partial charge in [-0.3, -0.25) is 19.6 Å². The van der Waals surface area contributed by atoms with Gasteiger partial charge in [-0.15, -0.1) is 0 Å². The first-order valence-corrected chi connectivity index (χ1v) is 5.15. The molecular weight excluding hydrogens is 240 g/mol. The summed E-state index contributed by atoms with van der Waals surface area (Å²) in [7, 11) is 0. The quantitative estimate of drug-likeness (QED) is 0.624. The van der Waals surface area contributed by atoms with E-state index in [9.17, 15) is 14.9 Å². The molecule has 2 aromatic heterocycles. The summed E-state index contributed by atoms with van der Waals surface area (Å²) >= 11 is 0. The van der Waals surface area contributed by atoms with Crippen molar-refractivity contribution in [3.8, 4) is 0 Å². The van der Waals surface area contributed by atoms with Crippen molar-refractivity contribution in [1.29, 1.82) is 0 Å². The van der Waals surface area contributed by atoms with Crippen LogP contribution < -0.4 is 5.32 Å². The van der Waals surface area contributed by atoms with E-state index in [1.54, 1.807) is 12.1 Å². The minimum atomic E-state index is -0.523. The third-order valence-electron chi connectivity index (χ3n) is 2.20. The minimum absolute atomic E-state index is 0.0765. The Morgan fingerprint density at radius 2 is 2.44 bits per heavy atom. The normalized spacial score (nSPS) is 10.2. The Balaban J connectivity index is 1.81. The number of aromatic nitrogens is 2. The second-order valence-electron chi connectivity index (χ2n) is 3.45. The number of hydrogen-bond acceptors (Lipinski definition) is 5. The lowest BCUT2D eigenvalue weighted by atomic mass is 10.4. The molecule has 0 aliphatic rings. The molecule has 1 N–H and O–H groups in total. The van der Waals surface area contributed by atoms with Gasteiger partial charge in [0.25, 0.3) is 5.91 Å². The van der Waals surface area contributed by atoms with E-state index in [0.29, 0.717) is 13.1 Å². The van der Waals surface area contributed by atoms with Crippen LogP contribution >= 0.6 is 0 Å². The summed E-state index contributed by atoms with van der Waals surface area (Å²) in [6.07, 6.45) is 3.87. The molecule has 1 amide bonds. The van der Waals surface area contributed by atoms with Crippen LogP contribution in [0.15, 0.2) is 35.2 Å². The summed E-state index contributed by atoms with van der Waals surface area (Å²) < 4.78 is 6.30. The van der Waals surface area contributed by atoms with Gasteiger partial charge in [-0.25, -0.2) is 0 Å². The Morgan fingerprint density at radius 3 is 3.06 bits per heavy atom. The molecule has 0 unspecified atom stereocenters. The Labute approximate surface area is 101 Å². The molecule has 0 fully saturated rings. The number of rotatable bonds is 5. The van der Waals surface area contributed by atoms with Crippen molar-refractivity contribution in [2.45, 2.75) is 6.54 Å². The van der Waals surface area contributed by atoms with Crippen molar-refractivity contribution >= 4 is 11.6 Å². The number of carbonyl (C=O) groups is 1. The molecule has 2 aromatic rings. The fourth-order valence-electron chi connectivity index (χ4n) is 1.35. The fourth-order valence-corrected chi connectivity index (χ4v) is 1.35. The van der Waals surface area contributed by atoms with Gasteiger partial charge in [-0.05, 0) is 12.1 Å². The Bertz CT molecular complexity index is 546. The van der Waals surface area contributed by atoms with Crippen LogP contribution in [0.5, 0.6) is 0 Å². The number of carbonyl (C=O) groups excluding carboxylic acids is 1. The van der Waals surface area contributed by atoms with Crippen LogP contribution in [-0.4, -0.2) is 27.2 Å². The zero-order valence-electron chi connectivity index (χ0n) is 9.28. The van der Waals surface area contributed by atoms with Gasteiger partial charge in [0.1, 0.15) is 12.4 Å². The van der Waals surface area contributed by atoms with Crippen molar-refractivity contribution < 1.29 is 14.1 Å². The summed E-state index contributed by atoms with van der Waals surface area (Å²) in [6.45, 7) is 0.651. The Hall–Kier alpha value is -2.64. The lowest BCUT2D eigenvalue weighted by molar-refractivity contribution is -0.385. The molecule has 0 aliphatic carbocycles. The highest BCUT2D eigenvalue weighted by molar-refractivity contribution is 5.91. The van der Waals surface area contributed by atoms with E-state index < -0.39 is 4.92 Å². The minimum Gasteiger partial charge on any atom is -0.459 e. The molecule has 18 heavy (non-hydrogen) atoms. The molecule has 0 aliphatic heterocycles. The van der Waals surface area contributed by atoms with Gasteiger partial charge in [-0.1, -0.05) is 0 Å². The summed E-state index contributed by atoms with van der Waals surface area (Å²) in [5, 5.41) is 16.8. The zero-order chi connectivity index (χ0) is 13.0.